The molecule has 2 N–H and O–H groups in total. The average molecular weight is 460 g/mol. The summed E-state index contributed by atoms with van der Waals surface area (Å²) in [6.07, 6.45) is 5.79. The van der Waals surface area contributed by atoms with Crippen molar-refractivity contribution < 1.29 is 19.4 Å². The van der Waals surface area contributed by atoms with E-state index in [0.29, 0.717) is 47.6 Å². The molecule has 1 aromatic heterocycles. The minimum Gasteiger partial charge on any atom is -0.497 e. The zero-order valence-electron chi connectivity index (χ0n) is 18.0. The molecule has 1 heterocycles. The van der Waals surface area contributed by atoms with E-state index in [9.17, 15) is 14.7 Å². The second kappa shape index (κ2) is 7.69. The largest absolute Gasteiger partial charge is 0.497 e. The number of carboxylic acids is 1. The van der Waals surface area contributed by atoms with Crippen LogP contribution in [0.1, 0.15) is 32.1 Å². The third kappa shape index (κ3) is 3.15. The van der Waals surface area contributed by atoms with Crippen molar-refractivity contribution in [1.82, 2.24) is 9.78 Å². The molecule has 2 aromatic rings. The number of carboxylic acid groups (broad SMARTS) is 1. The predicted octanol–water partition coefficient (Wildman–Crippen LogP) is 3.89. The van der Waals surface area contributed by atoms with E-state index in [1.54, 1.807) is 32.4 Å². The van der Waals surface area contributed by atoms with E-state index in [0.717, 1.165) is 19.3 Å². The summed E-state index contributed by atoms with van der Waals surface area (Å²) in [4.78, 5) is 25.7. The first kappa shape index (κ1) is 21.1. The van der Waals surface area contributed by atoms with Gasteiger partial charge in [0.1, 0.15) is 16.5 Å². The Hall–Kier alpha value is -2.74. The van der Waals surface area contributed by atoms with E-state index in [-0.39, 0.29) is 10.9 Å². The molecule has 9 heteroatoms. The average Bonchev–Trinajstić information content (AvgIpc) is 2.75. The molecule has 0 aliphatic heterocycles. The maximum atomic E-state index is 13.4. The number of aromatic nitrogens is 2. The van der Waals surface area contributed by atoms with Gasteiger partial charge in [-0.3, -0.25) is 9.59 Å². The topological polar surface area (TPSA) is 103 Å². The number of halogens is 1. The lowest BCUT2D eigenvalue weighted by molar-refractivity contribution is -0.168. The molecule has 4 bridgehead atoms. The van der Waals surface area contributed by atoms with Crippen molar-refractivity contribution in [3.8, 4) is 11.5 Å². The van der Waals surface area contributed by atoms with Crippen molar-refractivity contribution in [2.24, 2.45) is 23.7 Å². The van der Waals surface area contributed by atoms with Gasteiger partial charge in [-0.25, -0.2) is 4.68 Å². The van der Waals surface area contributed by atoms with Gasteiger partial charge in [0, 0.05) is 6.07 Å². The van der Waals surface area contributed by atoms with Crippen LogP contribution in [-0.2, 0) is 10.3 Å². The summed E-state index contributed by atoms with van der Waals surface area (Å²) in [6, 6.07) is 5.25. The van der Waals surface area contributed by atoms with Crippen LogP contribution in [-0.4, -0.2) is 35.1 Å². The van der Waals surface area contributed by atoms with E-state index in [2.05, 4.69) is 10.4 Å². The number of nitrogens with one attached hydrogen (secondary N) is 1. The van der Waals surface area contributed by atoms with Gasteiger partial charge >= 0.3 is 5.97 Å². The maximum absolute atomic E-state index is 13.4. The zero-order chi connectivity index (χ0) is 22.6. The van der Waals surface area contributed by atoms with Gasteiger partial charge < -0.3 is 19.9 Å². The number of carbonyl (C=O) groups is 1. The normalized spacial score (nSPS) is 30.2. The van der Waals surface area contributed by atoms with Crippen LogP contribution in [0.5, 0.6) is 11.5 Å². The van der Waals surface area contributed by atoms with Crippen LogP contribution in [0.4, 0.5) is 11.4 Å². The highest BCUT2D eigenvalue weighted by Gasteiger charge is 2.61. The quantitative estimate of drug-likeness (QED) is 0.675. The fourth-order valence-corrected chi connectivity index (χ4v) is 6.80. The van der Waals surface area contributed by atoms with Crippen LogP contribution < -0.4 is 20.3 Å². The number of nitrogens with zero attached hydrogens (tertiary/aromatic N) is 2. The monoisotopic (exact) mass is 459 g/mol. The Labute approximate surface area is 190 Å². The summed E-state index contributed by atoms with van der Waals surface area (Å²) in [6.45, 7) is 0. The smallest absolute Gasteiger partial charge is 0.309 e. The van der Waals surface area contributed by atoms with E-state index in [4.69, 9.17) is 21.1 Å². The SMILES string of the molecule is COc1ccc(OC)c(Nc2cnn(C34C[C@@H]5CC(C[C@H](C5)C3)[C@@H]4C(=O)O)c(=O)c2Cl)c1. The van der Waals surface area contributed by atoms with Crippen molar-refractivity contribution in [2.75, 3.05) is 19.5 Å². The van der Waals surface area contributed by atoms with Gasteiger partial charge in [0.25, 0.3) is 5.56 Å². The molecular weight excluding hydrogens is 434 g/mol. The molecule has 0 radical (unpaired) electrons. The highest BCUT2D eigenvalue weighted by atomic mass is 35.5. The van der Waals surface area contributed by atoms with E-state index in [1.165, 1.54) is 10.9 Å². The van der Waals surface area contributed by atoms with Gasteiger partial charge in [-0.15, -0.1) is 0 Å². The summed E-state index contributed by atoms with van der Waals surface area (Å²) >= 11 is 6.53. The number of rotatable bonds is 6. The number of benzene rings is 1. The van der Waals surface area contributed by atoms with Gasteiger partial charge in [-0.2, -0.15) is 5.10 Å². The van der Waals surface area contributed by atoms with E-state index in [1.807, 2.05) is 0 Å². The molecule has 4 aliphatic carbocycles. The molecular formula is C23H26ClN3O5. The van der Waals surface area contributed by atoms with Gasteiger partial charge in [0.05, 0.1) is 43.2 Å². The Morgan fingerprint density at radius 3 is 2.53 bits per heavy atom. The second-order valence-electron chi connectivity index (χ2n) is 9.31. The van der Waals surface area contributed by atoms with Gasteiger partial charge in [-0.05, 0) is 62.0 Å². The number of hydrogen-bond acceptors (Lipinski definition) is 6. The Bertz CT molecular complexity index is 1120. The van der Waals surface area contributed by atoms with Crippen LogP contribution in [0.15, 0.2) is 29.2 Å². The zero-order valence-corrected chi connectivity index (χ0v) is 18.8. The van der Waals surface area contributed by atoms with Gasteiger partial charge in [-0.1, -0.05) is 11.6 Å². The summed E-state index contributed by atoms with van der Waals surface area (Å²) in [5.41, 5.74) is -0.373. The molecule has 3 atom stereocenters. The minimum atomic E-state index is -0.845. The predicted molar refractivity (Wildman–Crippen MR) is 119 cm³/mol. The molecule has 0 amide bonds. The third-order valence-electron chi connectivity index (χ3n) is 7.56. The number of aliphatic carboxylic acids is 1. The molecule has 4 aliphatic rings. The molecule has 32 heavy (non-hydrogen) atoms. The van der Waals surface area contributed by atoms with Crippen molar-refractivity contribution in [2.45, 2.75) is 37.6 Å². The van der Waals surface area contributed by atoms with E-state index >= 15 is 0 Å². The maximum Gasteiger partial charge on any atom is 0.309 e. The van der Waals surface area contributed by atoms with Crippen molar-refractivity contribution in [3.63, 3.8) is 0 Å². The highest BCUT2D eigenvalue weighted by molar-refractivity contribution is 6.33. The molecule has 1 aromatic carbocycles. The number of anilines is 2. The minimum absolute atomic E-state index is 0.0234. The second-order valence-corrected chi connectivity index (χ2v) is 9.69. The van der Waals surface area contributed by atoms with Gasteiger partial charge in [0.15, 0.2) is 0 Å². The van der Waals surface area contributed by atoms with Crippen LogP contribution in [0.3, 0.4) is 0 Å². The Kier molecular flexibility index (Phi) is 5.08. The number of hydrogen-bond donors (Lipinski definition) is 2. The molecule has 8 nitrogen and oxygen atoms in total. The van der Waals surface area contributed by atoms with Crippen molar-refractivity contribution in [3.05, 3.63) is 39.8 Å². The van der Waals surface area contributed by atoms with Crippen LogP contribution in [0.2, 0.25) is 5.02 Å². The summed E-state index contributed by atoms with van der Waals surface area (Å²) in [7, 11) is 3.11. The molecule has 0 saturated heterocycles. The standard InChI is InChI=1S/C23H26ClN3O5/c1-31-15-3-4-18(32-2)16(8-15)26-17-11-25-27(21(28)20(17)24)23-9-12-5-13(10-23)7-14(6-12)19(23)22(29)30/h3-4,8,11-14,19,26H,5-7,9-10H2,1-2H3,(H,29,30)/t12-,13-,14?,19+,23?/m0/s1. The molecule has 170 valence electrons. The molecule has 0 unspecified atom stereocenters. The summed E-state index contributed by atoms with van der Waals surface area (Å²) < 4.78 is 12.0. The Morgan fingerprint density at radius 2 is 1.91 bits per heavy atom. The first-order valence-electron chi connectivity index (χ1n) is 10.9. The number of ether oxygens (including phenoxy) is 2. The molecule has 4 saturated carbocycles. The Balaban J connectivity index is 1.55. The fourth-order valence-electron chi connectivity index (χ4n) is 6.63. The van der Waals surface area contributed by atoms with E-state index < -0.39 is 23.0 Å². The molecule has 4 fully saturated rings. The first-order chi connectivity index (χ1) is 15.4. The molecule has 6 rings (SSSR count). The summed E-state index contributed by atoms with van der Waals surface area (Å²) in [5.74, 6) is 0.673. The lowest BCUT2D eigenvalue weighted by atomic mass is 9.48. The fraction of sp³-hybridized carbons (Fsp3) is 0.522. The van der Waals surface area contributed by atoms with Crippen molar-refractivity contribution in [1.29, 1.82) is 0 Å². The van der Waals surface area contributed by atoms with Crippen LogP contribution in [0.25, 0.3) is 0 Å². The highest BCUT2D eigenvalue weighted by Crippen LogP contribution is 2.61. The lowest BCUT2D eigenvalue weighted by Gasteiger charge is -2.59. The van der Waals surface area contributed by atoms with Crippen LogP contribution >= 0.6 is 11.6 Å². The van der Waals surface area contributed by atoms with Crippen LogP contribution in [0, 0.1) is 23.7 Å². The van der Waals surface area contributed by atoms with Gasteiger partial charge in [0.2, 0.25) is 0 Å². The molecule has 0 spiro atoms. The Morgan fingerprint density at radius 1 is 1.19 bits per heavy atom. The lowest BCUT2D eigenvalue weighted by Crippen LogP contribution is -2.63. The number of methoxy groups -OCH3 is 2. The summed E-state index contributed by atoms with van der Waals surface area (Å²) in [5, 5.41) is 17.6. The van der Waals surface area contributed by atoms with Crippen molar-refractivity contribution >= 4 is 28.9 Å². The first-order valence-corrected chi connectivity index (χ1v) is 11.2. The third-order valence-corrected chi connectivity index (χ3v) is 7.92.